The van der Waals surface area contributed by atoms with E-state index in [4.69, 9.17) is 4.74 Å². The normalized spacial score (nSPS) is 17.2. The summed E-state index contributed by atoms with van der Waals surface area (Å²) in [5, 5.41) is 10.8. The van der Waals surface area contributed by atoms with Crippen molar-refractivity contribution >= 4 is 18.3 Å². The number of piperidine rings is 1. The van der Waals surface area contributed by atoms with Gasteiger partial charge in [0.05, 0.1) is 13.2 Å². The third-order valence-electron chi connectivity index (χ3n) is 4.74. The number of hydrogen-bond acceptors (Lipinski definition) is 4. The number of carbonyl (C=O) groups is 1. The minimum absolute atomic E-state index is 0. The van der Waals surface area contributed by atoms with Crippen LogP contribution in [0.3, 0.4) is 0 Å². The average molecular weight is 365 g/mol. The van der Waals surface area contributed by atoms with Crippen LogP contribution in [0.2, 0.25) is 0 Å². The van der Waals surface area contributed by atoms with E-state index in [0.717, 1.165) is 37.2 Å². The summed E-state index contributed by atoms with van der Waals surface area (Å²) in [6, 6.07) is 9.54. The second-order valence-electron chi connectivity index (χ2n) is 6.20. The van der Waals surface area contributed by atoms with Gasteiger partial charge in [0.1, 0.15) is 11.3 Å². The monoisotopic (exact) mass is 364 g/mol. The highest BCUT2D eigenvalue weighted by Crippen LogP contribution is 2.28. The van der Waals surface area contributed by atoms with Crippen LogP contribution in [0.5, 0.6) is 5.75 Å². The summed E-state index contributed by atoms with van der Waals surface area (Å²) < 4.78 is 7.08. The molecule has 3 rings (SSSR count). The molecule has 0 aliphatic carbocycles. The number of amides is 1. The molecule has 1 fully saturated rings. The van der Waals surface area contributed by atoms with Gasteiger partial charge in [0.2, 0.25) is 5.91 Å². The highest BCUT2D eigenvalue weighted by Gasteiger charge is 2.42. The molecule has 0 radical (unpaired) electrons. The van der Waals surface area contributed by atoms with Crippen molar-refractivity contribution in [1.29, 1.82) is 0 Å². The lowest BCUT2D eigenvalue weighted by Gasteiger charge is -2.37. The van der Waals surface area contributed by atoms with Gasteiger partial charge in [-0.05, 0) is 56.6 Å². The molecule has 1 aliphatic rings. The first-order chi connectivity index (χ1) is 11.7. The number of ether oxygens (including phenoxy) is 1. The van der Waals surface area contributed by atoms with Gasteiger partial charge in [0.25, 0.3) is 0 Å². The number of nitrogens with zero attached hydrogens (tertiary/aromatic N) is 2. The number of halogens is 1. The zero-order valence-electron chi connectivity index (χ0n) is 14.6. The average Bonchev–Trinajstić information content (AvgIpc) is 3.17. The van der Waals surface area contributed by atoms with Gasteiger partial charge in [0.15, 0.2) is 0 Å². The Balaban J connectivity index is 0.00000225. The van der Waals surface area contributed by atoms with E-state index in [1.54, 1.807) is 13.3 Å². The molecule has 2 heterocycles. The number of benzene rings is 1. The molecule has 1 aliphatic heterocycles. The summed E-state index contributed by atoms with van der Waals surface area (Å²) in [7, 11) is 1.64. The summed E-state index contributed by atoms with van der Waals surface area (Å²) in [5.41, 5.74) is 0.397. The summed E-state index contributed by atoms with van der Waals surface area (Å²) in [6.07, 6.45) is 5.06. The predicted octanol–water partition coefficient (Wildman–Crippen LogP) is 2.27. The van der Waals surface area contributed by atoms with Crippen LogP contribution in [0.4, 0.5) is 0 Å². The lowest BCUT2D eigenvalue weighted by atomic mass is 9.87. The van der Waals surface area contributed by atoms with Crippen LogP contribution in [-0.4, -0.2) is 35.9 Å². The topological polar surface area (TPSA) is 68.2 Å². The minimum Gasteiger partial charge on any atom is -0.497 e. The quantitative estimate of drug-likeness (QED) is 0.854. The maximum absolute atomic E-state index is 13.1. The lowest BCUT2D eigenvalue weighted by molar-refractivity contribution is -0.132. The first kappa shape index (κ1) is 19.3. The van der Waals surface area contributed by atoms with Crippen molar-refractivity contribution in [2.75, 3.05) is 20.2 Å². The minimum atomic E-state index is -0.623. The van der Waals surface area contributed by atoms with Gasteiger partial charge in [0, 0.05) is 12.4 Å². The van der Waals surface area contributed by atoms with E-state index in [1.165, 1.54) is 0 Å². The third kappa shape index (κ3) is 3.96. The van der Waals surface area contributed by atoms with Gasteiger partial charge < -0.3 is 15.4 Å². The maximum Gasteiger partial charge on any atom is 0.248 e. The van der Waals surface area contributed by atoms with E-state index in [1.807, 2.05) is 48.1 Å². The Morgan fingerprint density at radius 3 is 2.76 bits per heavy atom. The number of aromatic nitrogens is 2. The Labute approximate surface area is 154 Å². The highest BCUT2D eigenvalue weighted by molar-refractivity contribution is 5.85. The zero-order chi connectivity index (χ0) is 17.0. The Bertz CT molecular complexity index is 684. The van der Waals surface area contributed by atoms with E-state index < -0.39 is 5.54 Å². The number of hydrogen-bond donors (Lipinski definition) is 2. The molecule has 1 aromatic carbocycles. The van der Waals surface area contributed by atoms with Gasteiger partial charge in [-0.25, -0.2) is 0 Å². The van der Waals surface area contributed by atoms with Crippen LogP contribution in [0.25, 0.3) is 0 Å². The van der Waals surface area contributed by atoms with Crippen molar-refractivity contribution in [2.45, 2.75) is 31.3 Å². The highest BCUT2D eigenvalue weighted by atomic mass is 35.5. The van der Waals surface area contributed by atoms with Crippen LogP contribution in [0.15, 0.2) is 42.7 Å². The SMILES string of the molecule is COc1cccc(C(C)NC(=O)C2(n3cccn3)CCNCC2)c1.Cl. The number of nitrogens with one attached hydrogen (secondary N) is 2. The molecule has 1 aromatic heterocycles. The largest absolute Gasteiger partial charge is 0.497 e. The fourth-order valence-corrected chi connectivity index (χ4v) is 3.25. The van der Waals surface area contributed by atoms with Crippen LogP contribution < -0.4 is 15.4 Å². The predicted molar refractivity (Wildman–Crippen MR) is 99.1 cm³/mol. The second-order valence-corrected chi connectivity index (χ2v) is 6.20. The third-order valence-corrected chi connectivity index (χ3v) is 4.74. The molecule has 0 saturated carbocycles. The van der Waals surface area contributed by atoms with Crippen LogP contribution in [0, 0.1) is 0 Å². The Morgan fingerprint density at radius 2 is 2.12 bits per heavy atom. The van der Waals surface area contributed by atoms with E-state index in [9.17, 15) is 4.79 Å². The standard InChI is InChI=1S/C18H24N4O2.ClH/c1-14(15-5-3-6-16(13-15)24-2)21-17(23)18(7-10-19-11-8-18)22-12-4-9-20-22;/h3-6,9,12-14,19H,7-8,10-11H2,1-2H3,(H,21,23);1H. The molecule has 1 amide bonds. The summed E-state index contributed by atoms with van der Waals surface area (Å²) in [6.45, 7) is 3.60. The molecule has 1 unspecified atom stereocenters. The molecule has 1 saturated heterocycles. The van der Waals surface area contributed by atoms with Crippen molar-refractivity contribution in [3.63, 3.8) is 0 Å². The molecule has 0 spiro atoms. The van der Waals surface area contributed by atoms with E-state index in [2.05, 4.69) is 15.7 Å². The van der Waals surface area contributed by atoms with E-state index in [0.29, 0.717) is 0 Å². The molecular weight excluding hydrogens is 340 g/mol. The maximum atomic E-state index is 13.1. The fourth-order valence-electron chi connectivity index (χ4n) is 3.25. The van der Waals surface area contributed by atoms with Gasteiger partial charge in [-0.2, -0.15) is 5.10 Å². The van der Waals surface area contributed by atoms with Crippen LogP contribution >= 0.6 is 12.4 Å². The molecular formula is C18H25ClN4O2. The summed E-state index contributed by atoms with van der Waals surface area (Å²) in [5.74, 6) is 0.806. The Kier molecular flexibility index (Phi) is 6.45. The summed E-state index contributed by atoms with van der Waals surface area (Å²) >= 11 is 0. The number of rotatable bonds is 5. The van der Waals surface area contributed by atoms with Crippen molar-refractivity contribution in [3.05, 3.63) is 48.3 Å². The molecule has 136 valence electrons. The first-order valence-corrected chi connectivity index (χ1v) is 8.31. The number of carbonyl (C=O) groups excluding carboxylic acids is 1. The van der Waals surface area contributed by atoms with Crippen LogP contribution in [0.1, 0.15) is 31.4 Å². The Morgan fingerprint density at radius 1 is 1.36 bits per heavy atom. The smallest absolute Gasteiger partial charge is 0.248 e. The van der Waals surface area contributed by atoms with Gasteiger partial charge in [-0.15, -0.1) is 12.4 Å². The molecule has 25 heavy (non-hydrogen) atoms. The molecule has 2 aromatic rings. The van der Waals surface area contributed by atoms with Crippen molar-refractivity contribution in [1.82, 2.24) is 20.4 Å². The lowest BCUT2D eigenvalue weighted by Crippen LogP contribution is -2.55. The zero-order valence-corrected chi connectivity index (χ0v) is 15.4. The summed E-state index contributed by atoms with van der Waals surface area (Å²) in [4.78, 5) is 13.1. The first-order valence-electron chi connectivity index (χ1n) is 8.31. The molecule has 1 atom stereocenters. The van der Waals surface area contributed by atoms with Gasteiger partial charge in [-0.3, -0.25) is 9.48 Å². The van der Waals surface area contributed by atoms with E-state index in [-0.39, 0.29) is 24.4 Å². The van der Waals surface area contributed by atoms with Crippen molar-refractivity contribution in [3.8, 4) is 5.75 Å². The van der Waals surface area contributed by atoms with E-state index >= 15 is 0 Å². The molecule has 0 bridgehead atoms. The van der Waals surface area contributed by atoms with Gasteiger partial charge in [-0.1, -0.05) is 12.1 Å². The number of methoxy groups -OCH3 is 1. The fraction of sp³-hybridized carbons (Fsp3) is 0.444. The van der Waals surface area contributed by atoms with Crippen molar-refractivity contribution < 1.29 is 9.53 Å². The molecule has 2 N–H and O–H groups in total. The Hall–Kier alpha value is -2.05. The van der Waals surface area contributed by atoms with Crippen LogP contribution in [-0.2, 0) is 10.3 Å². The molecule has 7 heteroatoms. The van der Waals surface area contributed by atoms with Gasteiger partial charge >= 0.3 is 0 Å². The van der Waals surface area contributed by atoms with Crippen molar-refractivity contribution in [2.24, 2.45) is 0 Å². The molecule has 6 nitrogen and oxygen atoms in total. The second kappa shape index (κ2) is 8.36.